The molecule has 1 aliphatic heterocycles. The van der Waals surface area contributed by atoms with Crippen molar-refractivity contribution in [3.63, 3.8) is 0 Å². The number of hydrogen-bond donors (Lipinski definition) is 1. The molecule has 1 amide bonds. The smallest absolute Gasteiger partial charge is 0.268 e. The second kappa shape index (κ2) is 7.29. The van der Waals surface area contributed by atoms with Crippen molar-refractivity contribution in [2.24, 2.45) is 0 Å². The van der Waals surface area contributed by atoms with E-state index in [1.807, 2.05) is 16.7 Å². The molecule has 0 aromatic carbocycles. The fraction of sp³-hybridized carbons (Fsp3) is 0.471. The molecule has 2 aromatic heterocycles. The van der Waals surface area contributed by atoms with Gasteiger partial charge in [0, 0.05) is 37.6 Å². The number of morpholine rings is 1. The topological polar surface area (TPSA) is 46.5 Å². The molecule has 23 heavy (non-hydrogen) atoms. The van der Waals surface area contributed by atoms with Gasteiger partial charge in [0.15, 0.2) is 0 Å². The number of thiophene rings is 1. The third-order valence-electron chi connectivity index (χ3n) is 4.07. The highest BCUT2D eigenvalue weighted by atomic mass is 32.1. The van der Waals surface area contributed by atoms with E-state index < -0.39 is 0 Å². The first-order chi connectivity index (χ1) is 11.2. The highest BCUT2D eigenvalue weighted by Gasteiger charge is 2.17. The van der Waals surface area contributed by atoms with Gasteiger partial charge in [-0.25, -0.2) is 0 Å². The molecule has 0 spiro atoms. The average Bonchev–Trinajstić information content (AvgIpc) is 3.06. The first-order valence-electron chi connectivity index (χ1n) is 7.98. The Balaban J connectivity index is 1.66. The standard InChI is InChI=1S/C17H23N3O2S/c1-3-5-20-14-11-13(2)23-16(14)12-15(20)17(21)18-4-6-19-7-9-22-10-8-19/h3,11-12H,1,4-10H2,2H3,(H,18,21). The summed E-state index contributed by atoms with van der Waals surface area (Å²) >= 11 is 1.72. The molecule has 1 aliphatic rings. The van der Waals surface area contributed by atoms with Gasteiger partial charge in [-0.2, -0.15) is 0 Å². The van der Waals surface area contributed by atoms with Gasteiger partial charge in [-0.1, -0.05) is 6.08 Å². The number of aryl methyl sites for hydroxylation is 1. The summed E-state index contributed by atoms with van der Waals surface area (Å²) in [6, 6.07) is 4.12. The number of ether oxygens (including phenoxy) is 1. The summed E-state index contributed by atoms with van der Waals surface area (Å²) in [4.78, 5) is 16.1. The Hall–Kier alpha value is -1.63. The molecular weight excluding hydrogens is 310 g/mol. The molecule has 124 valence electrons. The number of fused-ring (bicyclic) bond motifs is 1. The van der Waals surface area contributed by atoms with Crippen LogP contribution >= 0.6 is 11.3 Å². The molecule has 2 aromatic rings. The first-order valence-corrected chi connectivity index (χ1v) is 8.79. The number of carbonyl (C=O) groups excluding carboxylic acids is 1. The van der Waals surface area contributed by atoms with Crippen LogP contribution in [0.5, 0.6) is 0 Å². The number of nitrogens with zero attached hydrogens (tertiary/aromatic N) is 2. The fourth-order valence-electron chi connectivity index (χ4n) is 2.92. The number of rotatable bonds is 6. The summed E-state index contributed by atoms with van der Waals surface area (Å²) in [5, 5.41) is 3.04. The molecule has 5 nitrogen and oxygen atoms in total. The SMILES string of the molecule is C=CCn1c(C(=O)NCCN2CCOCC2)cc2sc(C)cc21. The maximum atomic E-state index is 12.5. The number of allylic oxidation sites excluding steroid dienone is 1. The van der Waals surface area contributed by atoms with Crippen LogP contribution in [0.15, 0.2) is 24.8 Å². The van der Waals surface area contributed by atoms with Crippen molar-refractivity contribution in [3.8, 4) is 0 Å². The molecule has 3 rings (SSSR count). The molecular formula is C17H23N3O2S. The monoisotopic (exact) mass is 333 g/mol. The number of aromatic nitrogens is 1. The van der Waals surface area contributed by atoms with Gasteiger partial charge in [0.05, 0.1) is 23.4 Å². The van der Waals surface area contributed by atoms with Crippen molar-refractivity contribution in [2.75, 3.05) is 39.4 Å². The Kier molecular flexibility index (Phi) is 5.15. The van der Waals surface area contributed by atoms with Crippen molar-refractivity contribution in [2.45, 2.75) is 13.5 Å². The normalized spacial score (nSPS) is 15.9. The molecule has 0 saturated carbocycles. The molecule has 1 N–H and O–H groups in total. The van der Waals surface area contributed by atoms with Crippen LogP contribution in [-0.2, 0) is 11.3 Å². The van der Waals surface area contributed by atoms with E-state index in [0.717, 1.165) is 43.1 Å². The molecule has 3 heterocycles. The Morgan fingerprint density at radius 3 is 2.96 bits per heavy atom. The Labute approximate surface area is 140 Å². The minimum absolute atomic E-state index is 0.0128. The van der Waals surface area contributed by atoms with E-state index in [9.17, 15) is 4.79 Å². The van der Waals surface area contributed by atoms with Gasteiger partial charge in [-0.3, -0.25) is 9.69 Å². The van der Waals surface area contributed by atoms with Crippen LogP contribution in [0.1, 0.15) is 15.4 Å². The highest BCUT2D eigenvalue weighted by molar-refractivity contribution is 7.19. The fourth-order valence-corrected chi connectivity index (χ4v) is 3.88. The lowest BCUT2D eigenvalue weighted by Crippen LogP contribution is -2.41. The summed E-state index contributed by atoms with van der Waals surface area (Å²) in [6.45, 7) is 11.5. The van der Waals surface area contributed by atoms with Gasteiger partial charge in [-0.05, 0) is 19.1 Å². The Morgan fingerprint density at radius 2 is 2.22 bits per heavy atom. The predicted molar refractivity (Wildman–Crippen MR) is 94.3 cm³/mol. The van der Waals surface area contributed by atoms with Crippen LogP contribution in [0.3, 0.4) is 0 Å². The van der Waals surface area contributed by atoms with Gasteiger partial charge < -0.3 is 14.6 Å². The van der Waals surface area contributed by atoms with E-state index >= 15 is 0 Å². The van der Waals surface area contributed by atoms with Crippen LogP contribution < -0.4 is 5.32 Å². The molecule has 0 bridgehead atoms. The van der Waals surface area contributed by atoms with Gasteiger partial charge in [-0.15, -0.1) is 17.9 Å². The van der Waals surface area contributed by atoms with Crippen molar-refractivity contribution < 1.29 is 9.53 Å². The van der Waals surface area contributed by atoms with E-state index in [4.69, 9.17) is 4.74 Å². The molecule has 6 heteroatoms. The number of hydrogen-bond acceptors (Lipinski definition) is 4. The number of amides is 1. The molecule has 1 saturated heterocycles. The van der Waals surface area contributed by atoms with Gasteiger partial charge >= 0.3 is 0 Å². The first kappa shape index (κ1) is 16.2. The lowest BCUT2D eigenvalue weighted by molar-refractivity contribution is 0.0383. The van der Waals surface area contributed by atoms with Gasteiger partial charge in [0.25, 0.3) is 5.91 Å². The zero-order valence-corrected chi connectivity index (χ0v) is 14.3. The summed E-state index contributed by atoms with van der Waals surface area (Å²) in [5.74, 6) is -0.0128. The third-order valence-corrected chi connectivity index (χ3v) is 5.06. The van der Waals surface area contributed by atoms with E-state index in [1.165, 1.54) is 4.88 Å². The molecule has 0 unspecified atom stereocenters. The lowest BCUT2D eigenvalue weighted by atomic mass is 10.3. The molecule has 0 atom stereocenters. The summed E-state index contributed by atoms with van der Waals surface area (Å²) in [5.41, 5.74) is 1.83. The molecule has 0 radical (unpaired) electrons. The Morgan fingerprint density at radius 1 is 1.43 bits per heavy atom. The van der Waals surface area contributed by atoms with Gasteiger partial charge in [0.2, 0.25) is 0 Å². The van der Waals surface area contributed by atoms with Crippen LogP contribution in [0.4, 0.5) is 0 Å². The van der Waals surface area contributed by atoms with Crippen molar-refractivity contribution in [3.05, 3.63) is 35.4 Å². The van der Waals surface area contributed by atoms with Crippen LogP contribution in [0.2, 0.25) is 0 Å². The average molecular weight is 333 g/mol. The predicted octanol–water partition coefficient (Wildman–Crippen LogP) is 2.26. The second-order valence-electron chi connectivity index (χ2n) is 5.75. The van der Waals surface area contributed by atoms with Crippen LogP contribution in [-0.4, -0.2) is 54.8 Å². The van der Waals surface area contributed by atoms with Gasteiger partial charge in [0.1, 0.15) is 5.69 Å². The Bertz CT molecular complexity index is 698. The number of carbonyl (C=O) groups is 1. The third kappa shape index (κ3) is 3.65. The van der Waals surface area contributed by atoms with E-state index in [-0.39, 0.29) is 5.91 Å². The van der Waals surface area contributed by atoms with Crippen molar-refractivity contribution in [1.82, 2.24) is 14.8 Å². The maximum absolute atomic E-state index is 12.5. The molecule has 1 fully saturated rings. The summed E-state index contributed by atoms with van der Waals surface area (Å²) in [6.07, 6.45) is 1.83. The highest BCUT2D eigenvalue weighted by Crippen LogP contribution is 2.28. The largest absolute Gasteiger partial charge is 0.379 e. The van der Waals surface area contributed by atoms with Crippen molar-refractivity contribution in [1.29, 1.82) is 0 Å². The zero-order chi connectivity index (χ0) is 16.2. The van der Waals surface area contributed by atoms with E-state index in [2.05, 4.69) is 29.8 Å². The van der Waals surface area contributed by atoms with E-state index in [0.29, 0.717) is 18.8 Å². The van der Waals surface area contributed by atoms with E-state index in [1.54, 1.807) is 11.3 Å². The van der Waals surface area contributed by atoms with Crippen molar-refractivity contribution >= 4 is 27.5 Å². The maximum Gasteiger partial charge on any atom is 0.268 e. The summed E-state index contributed by atoms with van der Waals surface area (Å²) in [7, 11) is 0. The minimum Gasteiger partial charge on any atom is -0.379 e. The van der Waals surface area contributed by atoms with Crippen LogP contribution in [0, 0.1) is 6.92 Å². The number of nitrogens with one attached hydrogen (secondary N) is 1. The zero-order valence-electron chi connectivity index (χ0n) is 13.5. The second-order valence-corrected chi connectivity index (χ2v) is 7.03. The summed E-state index contributed by atoms with van der Waals surface area (Å²) < 4.78 is 8.53. The lowest BCUT2D eigenvalue weighted by Gasteiger charge is -2.26. The molecule has 0 aliphatic carbocycles. The van der Waals surface area contributed by atoms with Crippen LogP contribution in [0.25, 0.3) is 10.2 Å². The quantitative estimate of drug-likeness (QED) is 0.825. The minimum atomic E-state index is -0.0128.